The molecule has 1 aromatic rings. The predicted molar refractivity (Wildman–Crippen MR) is 68.7 cm³/mol. The number of hydrogen-bond acceptors (Lipinski definition) is 1. The number of fused-ring (bicyclic) bond motifs is 2. The number of benzene rings is 1. The normalized spacial score (nSPS) is 35.1. The molecule has 1 N–H and O–H groups in total. The minimum absolute atomic E-state index is 0.198. The monoisotopic (exact) mass is 211 g/mol. The molecule has 1 nitrogen and oxygen atoms in total. The van der Waals surface area contributed by atoms with Gasteiger partial charge in [-0.15, -0.1) is 0 Å². The van der Waals surface area contributed by atoms with Crippen molar-refractivity contribution in [1.29, 1.82) is 0 Å². The van der Waals surface area contributed by atoms with Gasteiger partial charge < -0.3 is 5.32 Å². The third-order valence-corrected chi connectivity index (χ3v) is 4.21. The van der Waals surface area contributed by atoms with E-state index in [1.165, 1.54) is 11.3 Å². The molecule has 0 saturated heterocycles. The van der Waals surface area contributed by atoms with Crippen molar-refractivity contribution in [2.75, 3.05) is 5.32 Å². The first-order valence-electron chi connectivity index (χ1n) is 5.93. The topological polar surface area (TPSA) is 12.0 Å². The van der Waals surface area contributed by atoms with Crippen LogP contribution in [0.3, 0.4) is 0 Å². The van der Waals surface area contributed by atoms with E-state index in [1.54, 1.807) is 0 Å². The van der Waals surface area contributed by atoms with E-state index in [0.717, 1.165) is 0 Å². The lowest BCUT2D eigenvalue weighted by molar-refractivity contribution is 0.316. The predicted octanol–water partition coefficient (Wildman–Crippen LogP) is 3.72. The highest BCUT2D eigenvalue weighted by atomic mass is 15.0. The summed E-state index contributed by atoms with van der Waals surface area (Å²) in [4.78, 5) is 0. The third kappa shape index (κ3) is 1.18. The largest absolute Gasteiger partial charge is 0.378 e. The fraction of sp³-hybridized carbons (Fsp3) is 0.333. The molecule has 0 bridgehead atoms. The Morgan fingerprint density at radius 2 is 2.00 bits per heavy atom. The van der Waals surface area contributed by atoms with Gasteiger partial charge in [-0.1, -0.05) is 56.4 Å². The molecule has 0 spiro atoms. The summed E-state index contributed by atoms with van der Waals surface area (Å²) >= 11 is 0. The summed E-state index contributed by atoms with van der Waals surface area (Å²) in [5.41, 5.74) is 2.92. The molecule has 1 aliphatic heterocycles. The van der Waals surface area contributed by atoms with Gasteiger partial charge in [0.2, 0.25) is 0 Å². The van der Waals surface area contributed by atoms with Gasteiger partial charge in [-0.2, -0.15) is 0 Å². The minimum atomic E-state index is 0.198. The van der Waals surface area contributed by atoms with Crippen LogP contribution in [-0.2, 0) is 0 Å². The number of anilines is 1. The van der Waals surface area contributed by atoms with Crippen molar-refractivity contribution in [3.8, 4) is 0 Å². The van der Waals surface area contributed by atoms with Crippen LogP contribution in [0.2, 0.25) is 0 Å². The molecular formula is C15H17N. The zero-order chi connectivity index (χ0) is 11.2. The molecule has 0 aromatic heterocycles. The SMILES string of the molecule is CC1c2ccccc2NC2C=CC=CC21C. The number of para-hydroxylation sites is 1. The number of hydrogen-bond donors (Lipinski definition) is 1. The van der Waals surface area contributed by atoms with Crippen molar-refractivity contribution in [1.82, 2.24) is 0 Å². The van der Waals surface area contributed by atoms with E-state index in [0.29, 0.717) is 12.0 Å². The average molecular weight is 211 g/mol. The molecule has 0 radical (unpaired) electrons. The second-order valence-corrected chi connectivity index (χ2v) is 5.04. The Labute approximate surface area is 96.9 Å². The number of rotatable bonds is 0. The molecule has 1 aliphatic carbocycles. The van der Waals surface area contributed by atoms with E-state index in [1.807, 2.05) is 0 Å². The molecule has 82 valence electrons. The summed E-state index contributed by atoms with van der Waals surface area (Å²) in [6.07, 6.45) is 8.92. The lowest BCUT2D eigenvalue weighted by Gasteiger charge is -2.46. The maximum Gasteiger partial charge on any atom is 0.0541 e. The Kier molecular flexibility index (Phi) is 1.97. The van der Waals surface area contributed by atoms with Crippen LogP contribution >= 0.6 is 0 Å². The van der Waals surface area contributed by atoms with Crippen molar-refractivity contribution < 1.29 is 0 Å². The van der Waals surface area contributed by atoms with E-state index in [2.05, 4.69) is 67.7 Å². The van der Waals surface area contributed by atoms with Gasteiger partial charge in [0.05, 0.1) is 6.04 Å². The van der Waals surface area contributed by atoms with Crippen LogP contribution < -0.4 is 5.32 Å². The van der Waals surface area contributed by atoms with Crippen molar-refractivity contribution in [3.05, 3.63) is 54.1 Å². The molecule has 16 heavy (non-hydrogen) atoms. The van der Waals surface area contributed by atoms with Gasteiger partial charge in [0.1, 0.15) is 0 Å². The van der Waals surface area contributed by atoms with Gasteiger partial charge in [0.25, 0.3) is 0 Å². The van der Waals surface area contributed by atoms with E-state index in [-0.39, 0.29) is 5.41 Å². The molecule has 0 amide bonds. The summed E-state index contributed by atoms with van der Waals surface area (Å²) < 4.78 is 0. The van der Waals surface area contributed by atoms with E-state index < -0.39 is 0 Å². The van der Waals surface area contributed by atoms with Gasteiger partial charge in [0, 0.05) is 11.1 Å². The molecular weight excluding hydrogens is 194 g/mol. The molecule has 3 rings (SSSR count). The Hall–Kier alpha value is -1.50. The Morgan fingerprint density at radius 1 is 1.19 bits per heavy atom. The molecule has 2 aliphatic rings. The summed E-state index contributed by atoms with van der Waals surface area (Å²) in [5.74, 6) is 0.552. The summed E-state index contributed by atoms with van der Waals surface area (Å²) in [5, 5.41) is 3.63. The summed E-state index contributed by atoms with van der Waals surface area (Å²) in [7, 11) is 0. The van der Waals surface area contributed by atoms with Crippen LogP contribution in [0.25, 0.3) is 0 Å². The van der Waals surface area contributed by atoms with Gasteiger partial charge >= 0.3 is 0 Å². The molecule has 1 heteroatoms. The second-order valence-electron chi connectivity index (χ2n) is 5.04. The smallest absolute Gasteiger partial charge is 0.0541 e. The minimum Gasteiger partial charge on any atom is -0.378 e. The van der Waals surface area contributed by atoms with Crippen LogP contribution in [0.4, 0.5) is 5.69 Å². The highest BCUT2D eigenvalue weighted by Gasteiger charge is 2.41. The van der Waals surface area contributed by atoms with Crippen molar-refractivity contribution in [2.45, 2.75) is 25.8 Å². The molecule has 1 heterocycles. The van der Waals surface area contributed by atoms with Crippen LogP contribution in [0.1, 0.15) is 25.3 Å². The average Bonchev–Trinajstić information content (AvgIpc) is 2.31. The molecule has 0 fully saturated rings. The maximum atomic E-state index is 3.63. The zero-order valence-electron chi connectivity index (χ0n) is 9.77. The molecule has 0 saturated carbocycles. The van der Waals surface area contributed by atoms with Gasteiger partial charge in [-0.05, 0) is 17.5 Å². The van der Waals surface area contributed by atoms with E-state index in [9.17, 15) is 0 Å². The standard InChI is InChI=1S/C15H17N/c1-11-12-7-3-4-8-13(12)16-14-9-5-6-10-15(11,14)2/h3-11,14,16H,1-2H3. The van der Waals surface area contributed by atoms with Crippen LogP contribution in [0, 0.1) is 5.41 Å². The summed E-state index contributed by atoms with van der Waals surface area (Å²) in [6.45, 7) is 4.67. The molecule has 1 aromatic carbocycles. The lowest BCUT2D eigenvalue weighted by Crippen LogP contribution is -2.44. The zero-order valence-corrected chi connectivity index (χ0v) is 9.77. The van der Waals surface area contributed by atoms with Crippen LogP contribution in [0.15, 0.2) is 48.6 Å². The third-order valence-electron chi connectivity index (χ3n) is 4.21. The number of nitrogens with one attached hydrogen (secondary N) is 1. The second kappa shape index (κ2) is 3.24. The Balaban J connectivity index is 2.14. The fourth-order valence-corrected chi connectivity index (χ4v) is 2.88. The van der Waals surface area contributed by atoms with Crippen molar-refractivity contribution in [2.24, 2.45) is 5.41 Å². The number of allylic oxidation sites excluding steroid dienone is 2. The van der Waals surface area contributed by atoms with Gasteiger partial charge in [0.15, 0.2) is 0 Å². The van der Waals surface area contributed by atoms with Crippen LogP contribution in [0.5, 0.6) is 0 Å². The van der Waals surface area contributed by atoms with Crippen LogP contribution in [-0.4, -0.2) is 6.04 Å². The van der Waals surface area contributed by atoms with Gasteiger partial charge in [-0.25, -0.2) is 0 Å². The van der Waals surface area contributed by atoms with E-state index >= 15 is 0 Å². The molecule has 3 unspecified atom stereocenters. The first-order chi connectivity index (χ1) is 7.72. The lowest BCUT2D eigenvalue weighted by atomic mass is 9.65. The first-order valence-corrected chi connectivity index (χ1v) is 5.93. The highest BCUT2D eigenvalue weighted by Crippen LogP contribution is 2.48. The van der Waals surface area contributed by atoms with Gasteiger partial charge in [-0.3, -0.25) is 0 Å². The Bertz CT molecular complexity index is 472. The maximum absolute atomic E-state index is 3.63. The molecule has 3 atom stereocenters. The quantitative estimate of drug-likeness (QED) is 0.689. The Morgan fingerprint density at radius 3 is 2.88 bits per heavy atom. The summed E-state index contributed by atoms with van der Waals surface area (Å²) in [6, 6.07) is 9.06. The first kappa shape index (κ1) is 9.71. The van der Waals surface area contributed by atoms with Crippen molar-refractivity contribution >= 4 is 5.69 Å². The van der Waals surface area contributed by atoms with Crippen molar-refractivity contribution in [3.63, 3.8) is 0 Å². The fourth-order valence-electron chi connectivity index (χ4n) is 2.88. The highest BCUT2D eigenvalue weighted by molar-refractivity contribution is 5.59. The van der Waals surface area contributed by atoms with E-state index in [4.69, 9.17) is 0 Å².